The molecule has 4 N–H and O–H groups in total. The Morgan fingerprint density at radius 2 is 2.10 bits per heavy atom. The van der Waals surface area contributed by atoms with Gasteiger partial charge in [0.15, 0.2) is 11.6 Å². The van der Waals surface area contributed by atoms with Crippen LogP contribution in [0.25, 0.3) is 9.53 Å². The molecule has 3 aromatic rings. The fourth-order valence-corrected chi connectivity index (χ4v) is 6.08. The second kappa shape index (κ2) is 7.88. The van der Waals surface area contributed by atoms with Crippen LogP contribution in [0, 0.1) is 18.6 Å². The summed E-state index contributed by atoms with van der Waals surface area (Å²) in [5.74, 6) is -1.82. The summed E-state index contributed by atoms with van der Waals surface area (Å²) in [6.45, 7) is 4.68. The SMILES string of the molecule is Cc1nc2sc(C(=O)N[C@H]3COc4cc(N5CCNCC5)c(F)c(F)c4C3)c(N)c2s1. The number of aromatic nitrogens is 1. The van der Waals surface area contributed by atoms with E-state index in [1.807, 2.05) is 11.8 Å². The quantitative estimate of drug-likeness (QED) is 0.551. The fraction of sp³-hybridized carbons (Fsp3) is 0.400. The fourth-order valence-electron chi connectivity index (χ4n) is 3.99. The zero-order valence-electron chi connectivity index (χ0n) is 16.8. The van der Waals surface area contributed by atoms with Gasteiger partial charge in [-0.25, -0.2) is 13.8 Å². The highest BCUT2D eigenvalue weighted by Crippen LogP contribution is 2.38. The second-order valence-electron chi connectivity index (χ2n) is 7.63. The maximum Gasteiger partial charge on any atom is 0.263 e. The standard InChI is InChI=1S/C20H21F2N5O2S2/c1-9-25-20-18(30-9)16(23)17(31-20)19(28)26-10-6-11-13(29-8-10)7-12(15(22)14(11)21)27-4-2-24-3-5-27/h7,10,24H,2-6,8,23H2,1H3,(H,26,28)/t10-/m1/s1. The van der Waals surface area contributed by atoms with Crippen molar-refractivity contribution in [1.29, 1.82) is 0 Å². The van der Waals surface area contributed by atoms with E-state index in [0.29, 0.717) is 42.5 Å². The van der Waals surface area contributed by atoms with Gasteiger partial charge in [-0.05, 0) is 6.92 Å². The first-order valence-electron chi connectivity index (χ1n) is 9.98. The largest absolute Gasteiger partial charge is 0.491 e. The van der Waals surface area contributed by atoms with Crippen molar-refractivity contribution < 1.29 is 18.3 Å². The van der Waals surface area contributed by atoms with E-state index in [0.717, 1.165) is 14.5 Å². The summed E-state index contributed by atoms with van der Waals surface area (Å²) >= 11 is 2.67. The molecule has 164 valence electrons. The molecule has 5 rings (SSSR count). The monoisotopic (exact) mass is 465 g/mol. The Labute approximate surface area is 185 Å². The summed E-state index contributed by atoms with van der Waals surface area (Å²) in [4.78, 5) is 20.1. The molecule has 31 heavy (non-hydrogen) atoms. The third-order valence-corrected chi connectivity index (χ3v) is 7.76. The van der Waals surface area contributed by atoms with Gasteiger partial charge >= 0.3 is 0 Å². The molecular weight excluding hydrogens is 444 g/mol. The Balaban J connectivity index is 1.35. The van der Waals surface area contributed by atoms with Crippen molar-refractivity contribution in [2.24, 2.45) is 0 Å². The molecule has 4 heterocycles. The highest BCUT2D eigenvalue weighted by Gasteiger charge is 2.30. The van der Waals surface area contributed by atoms with Crippen molar-refractivity contribution in [1.82, 2.24) is 15.6 Å². The number of amides is 1. The van der Waals surface area contributed by atoms with E-state index in [2.05, 4.69) is 15.6 Å². The summed E-state index contributed by atoms with van der Waals surface area (Å²) < 4.78 is 36.2. The van der Waals surface area contributed by atoms with Crippen LogP contribution in [0.2, 0.25) is 0 Å². The maximum absolute atomic E-state index is 14.9. The van der Waals surface area contributed by atoms with E-state index < -0.39 is 17.7 Å². The van der Waals surface area contributed by atoms with Gasteiger partial charge in [0.1, 0.15) is 22.1 Å². The minimum absolute atomic E-state index is 0.142. The van der Waals surface area contributed by atoms with E-state index in [1.165, 1.54) is 22.7 Å². The summed E-state index contributed by atoms with van der Waals surface area (Å²) in [5, 5.41) is 6.92. The van der Waals surface area contributed by atoms with Gasteiger partial charge in [0.2, 0.25) is 0 Å². The molecule has 1 saturated heterocycles. The van der Waals surface area contributed by atoms with Gasteiger partial charge in [0, 0.05) is 44.2 Å². The van der Waals surface area contributed by atoms with Crippen LogP contribution in [0.3, 0.4) is 0 Å². The molecule has 1 aromatic carbocycles. The molecule has 0 unspecified atom stereocenters. The van der Waals surface area contributed by atoms with Crippen molar-refractivity contribution in [2.75, 3.05) is 43.4 Å². The Morgan fingerprint density at radius 3 is 2.84 bits per heavy atom. The number of nitrogens with two attached hydrogens (primary N) is 1. The molecule has 7 nitrogen and oxygen atoms in total. The predicted molar refractivity (Wildman–Crippen MR) is 119 cm³/mol. The molecule has 1 atom stereocenters. The van der Waals surface area contributed by atoms with Crippen molar-refractivity contribution in [2.45, 2.75) is 19.4 Å². The lowest BCUT2D eigenvalue weighted by Crippen LogP contribution is -2.45. The number of hydrogen-bond donors (Lipinski definition) is 3. The summed E-state index contributed by atoms with van der Waals surface area (Å²) in [5.41, 5.74) is 6.90. The number of halogens is 2. The number of piperazine rings is 1. The molecular formula is C20H21F2N5O2S2. The molecule has 0 spiro atoms. The molecule has 0 bridgehead atoms. The lowest BCUT2D eigenvalue weighted by molar-refractivity contribution is 0.0919. The first kappa shape index (κ1) is 20.4. The number of anilines is 2. The van der Waals surface area contributed by atoms with E-state index >= 15 is 0 Å². The van der Waals surface area contributed by atoms with E-state index in [4.69, 9.17) is 10.5 Å². The smallest absolute Gasteiger partial charge is 0.263 e. The van der Waals surface area contributed by atoms with E-state index in [9.17, 15) is 13.6 Å². The molecule has 2 aromatic heterocycles. The number of nitrogens with zero attached hydrogens (tertiary/aromatic N) is 2. The molecule has 11 heteroatoms. The normalized spacial score (nSPS) is 18.7. The maximum atomic E-state index is 14.9. The zero-order valence-corrected chi connectivity index (χ0v) is 18.4. The summed E-state index contributed by atoms with van der Waals surface area (Å²) in [7, 11) is 0. The number of rotatable bonds is 3. The number of fused-ring (bicyclic) bond motifs is 2. The van der Waals surface area contributed by atoms with Crippen molar-refractivity contribution in [3.8, 4) is 5.75 Å². The molecule has 2 aliphatic rings. The minimum Gasteiger partial charge on any atom is -0.491 e. The number of ether oxygens (including phenoxy) is 1. The third-order valence-electron chi connectivity index (χ3n) is 5.53. The van der Waals surface area contributed by atoms with E-state index in [1.54, 1.807) is 6.07 Å². The van der Waals surface area contributed by atoms with Crippen LogP contribution in [0.1, 0.15) is 20.2 Å². The van der Waals surface area contributed by atoms with Gasteiger partial charge in [-0.2, -0.15) is 0 Å². The Kier molecular flexibility index (Phi) is 5.19. The average Bonchev–Trinajstić information content (AvgIpc) is 3.28. The van der Waals surface area contributed by atoms with Crippen molar-refractivity contribution in [3.05, 3.63) is 33.1 Å². The molecule has 1 fully saturated rings. The number of nitrogen functional groups attached to an aromatic ring is 1. The van der Waals surface area contributed by atoms with Gasteiger partial charge in [0.25, 0.3) is 5.91 Å². The van der Waals surface area contributed by atoms with Crippen LogP contribution >= 0.6 is 22.7 Å². The van der Waals surface area contributed by atoms with Gasteiger partial charge in [-0.3, -0.25) is 4.79 Å². The number of hydrogen-bond acceptors (Lipinski definition) is 8. The van der Waals surface area contributed by atoms with Gasteiger partial charge in [-0.1, -0.05) is 0 Å². The number of aryl methyl sites for hydroxylation is 1. The van der Waals surface area contributed by atoms with Gasteiger partial charge < -0.3 is 26.0 Å². The third kappa shape index (κ3) is 3.60. The Morgan fingerprint density at radius 1 is 1.32 bits per heavy atom. The molecule has 0 aliphatic carbocycles. The topological polar surface area (TPSA) is 92.5 Å². The van der Waals surface area contributed by atoms with Crippen LogP contribution in [-0.4, -0.2) is 49.7 Å². The first-order chi connectivity index (χ1) is 14.9. The van der Waals surface area contributed by atoms with Crippen LogP contribution in [0.5, 0.6) is 5.75 Å². The van der Waals surface area contributed by atoms with Crippen LogP contribution < -0.4 is 26.0 Å². The molecule has 0 radical (unpaired) electrons. The highest BCUT2D eigenvalue weighted by atomic mass is 32.1. The van der Waals surface area contributed by atoms with E-state index in [-0.39, 0.29) is 30.2 Å². The number of thiazole rings is 1. The number of thiophene rings is 1. The van der Waals surface area contributed by atoms with Gasteiger partial charge in [0.05, 0.1) is 27.1 Å². The lowest BCUT2D eigenvalue weighted by atomic mass is 10.0. The van der Waals surface area contributed by atoms with Crippen LogP contribution in [-0.2, 0) is 6.42 Å². The predicted octanol–water partition coefficient (Wildman–Crippen LogP) is 2.67. The Bertz CT molecular complexity index is 1170. The first-order valence-corrected chi connectivity index (χ1v) is 11.6. The lowest BCUT2D eigenvalue weighted by Gasteiger charge is -2.32. The zero-order chi connectivity index (χ0) is 21.7. The Hall–Kier alpha value is -2.50. The average molecular weight is 466 g/mol. The number of nitrogens with one attached hydrogen (secondary N) is 2. The number of carbonyl (C=O) groups excluding carboxylic acids is 1. The summed E-state index contributed by atoms with van der Waals surface area (Å²) in [6.07, 6.45) is 0.142. The molecule has 1 amide bonds. The number of benzene rings is 1. The molecule has 0 saturated carbocycles. The summed E-state index contributed by atoms with van der Waals surface area (Å²) in [6, 6.07) is 1.07. The highest BCUT2D eigenvalue weighted by molar-refractivity contribution is 7.29. The van der Waals surface area contributed by atoms with Crippen LogP contribution in [0.4, 0.5) is 20.2 Å². The number of carbonyl (C=O) groups is 1. The van der Waals surface area contributed by atoms with Crippen molar-refractivity contribution >= 4 is 49.5 Å². The second-order valence-corrected chi connectivity index (χ2v) is 9.84. The minimum atomic E-state index is -0.916. The van der Waals surface area contributed by atoms with Crippen LogP contribution in [0.15, 0.2) is 6.07 Å². The molecule has 2 aliphatic heterocycles. The van der Waals surface area contributed by atoms with Gasteiger partial charge in [-0.15, -0.1) is 22.7 Å². The van der Waals surface area contributed by atoms with Crippen molar-refractivity contribution in [3.63, 3.8) is 0 Å².